The van der Waals surface area contributed by atoms with Gasteiger partial charge in [0, 0.05) is 25.2 Å². The molecule has 68 valence electrons. The summed E-state index contributed by atoms with van der Waals surface area (Å²) in [5.74, 6) is 0.549. The average Bonchev–Trinajstić information content (AvgIpc) is 2.46. The highest BCUT2D eigenvalue weighted by Gasteiger charge is 2.22. The predicted octanol–water partition coefficient (Wildman–Crippen LogP) is -0.321. The van der Waals surface area contributed by atoms with Gasteiger partial charge >= 0.3 is 5.69 Å². The van der Waals surface area contributed by atoms with Gasteiger partial charge in [0.25, 0.3) is 0 Å². The van der Waals surface area contributed by atoms with Crippen LogP contribution >= 0.6 is 0 Å². The number of anilines is 1. The van der Waals surface area contributed by atoms with Crippen LogP contribution in [0.2, 0.25) is 0 Å². The number of nitrogens with one attached hydrogen (secondary N) is 1. The van der Waals surface area contributed by atoms with E-state index in [0.717, 1.165) is 12.0 Å². The standard InChI is InChI=1S/C8H9N3O2/c1-5(12)11-3-2-6-4-9-8(13)10-7(6)11/h4H,2-3H2,1H3,(H,9,10,13). The van der Waals surface area contributed by atoms with Gasteiger partial charge < -0.3 is 0 Å². The maximum atomic E-state index is 11.1. The Kier molecular flexibility index (Phi) is 1.65. The van der Waals surface area contributed by atoms with Gasteiger partial charge in [-0.2, -0.15) is 0 Å². The molecule has 0 aliphatic carbocycles. The van der Waals surface area contributed by atoms with E-state index in [9.17, 15) is 9.59 Å². The maximum absolute atomic E-state index is 11.1. The van der Waals surface area contributed by atoms with E-state index in [-0.39, 0.29) is 5.91 Å². The highest BCUT2D eigenvalue weighted by Crippen LogP contribution is 2.22. The second-order valence-corrected chi connectivity index (χ2v) is 2.98. The van der Waals surface area contributed by atoms with Crippen molar-refractivity contribution in [2.24, 2.45) is 0 Å². The molecule has 1 aromatic heterocycles. The lowest BCUT2D eigenvalue weighted by Crippen LogP contribution is -2.28. The van der Waals surface area contributed by atoms with Gasteiger partial charge in [-0.25, -0.2) is 9.78 Å². The van der Waals surface area contributed by atoms with Gasteiger partial charge in [0.1, 0.15) is 5.82 Å². The molecule has 0 saturated carbocycles. The Morgan fingerprint density at radius 1 is 1.69 bits per heavy atom. The molecule has 0 saturated heterocycles. The molecule has 0 unspecified atom stereocenters. The summed E-state index contributed by atoms with van der Waals surface area (Å²) >= 11 is 0. The molecule has 0 fully saturated rings. The fourth-order valence-corrected chi connectivity index (χ4v) is 1.49. The first-order valence-electron chi connectivity index (χ1n) is 4.05. The maximum Gasteiger partial charge on any atom is 0.346 e. The molecule has 5 heteroatoms. The van der Waals surface area contributed by atoms with Gasteiger partial charge in [-0.15, -0.1) is 0 Å². The van der Waals surface area contributed by atoms with E-state index in [4.69, 9.17) is 0 Å². The second kappa shape index (κ2) is 2.69. The van der Waals surface area contributed by atoms with Gasteiger partial charge in [0.05, 0.1) is 0 Å². The number of nitrogens with zero attached hydrogens (tertiary/aromatic N) is 2. The summed E-state index contributed by atoms with van der Waals surface area (Å²) in [6.07, 6.45) is 2.29. The normalized spacial score (nSPS) is 14.4. The number of H-pyrrole nitrogens is 1. The van der Waals surface area contributed by atoms with E-state index in [0.29, 0.717) is 12.4 Å². The quantitative estimate of drug-likeness (QED) is 0.593. The number of carbonyl (C=O) groups is 1. The van der Waals surface area contributed by atoms with Crippen LogP contribution in [0.1, 0.15) is 12.5 Å². The molecule has 1 aromatic rings. The van der Waals surface area contributed by atoms with Crippen LogP contribution in [-0.4, -0.2) is 22.4 Å². The minimum atomic E-state index is -0.410. The molecule has 0 bridgehead atoms. The number of aromatic nitrogens is 2. The van der Waals surface area contributed by atoms with E-state index < -0.39 is 5.69 Å². The number of fused-ring (bicyclic) bond motifs is 1. The molecule has 0 atom stereocenters. The number of hydrogen-bond acceptors (Lipinski definition) is 3. The summed E-state index contributed by atoms with van der Waals surface area (Å²) in [5, 5.41) is 0. The third kappa shape index (κ3) is 1.22. The van der Waals surface area contributed by atoms with Crippen LogP contribution in [0.4, 0.5) is 5.82 Å². The first-order chi connectivity index (χ1) is 6.18. The average molecular weight is 179 g/mol. The Hall–Kier alpha value is -1.65. The highest BCUT2D eigenvalue weighted by molar-refractivity contribution is 5.92. The third-order valence-electron chi connectivity index (χ3n) is 2.12. The summed E-state index contributed by atoms with van der Waals surface area (Å²) < 4.78 is 0. The Morgan fingerprint density at radius 3 is 3.15 bits per heavy atom. The molecule has 1 aliphatic rings. The summed E-state index contributed by atoms with van der Waals surface area (Å²) in [4.78, 5) is 29.7. The number of rotatable bonds is 0. The van der Waals surface area contributed by atoms with E-state index >= 15 is 0 Å². The first kappa shape index (κ1) is 7.97. The van der Waals surface area contributed by atoms with E-state index in [1.807, 2.05) is 0 Å². The fraction of sp³-hybridized carbons (Fsp3) is 0.375. The van der Waals surface area contributed by atoms with Crippen molar-refractivity contribution >= 4 is 11.7 Å². The van der Waals surface area contributed by atoms with Crippen molar-refractivity contribution in [1.29, 1.82) is 0 Å². The third-order valence-corrected chi connectivity index (χ3v) is 2.12. The highest BCUT2D eigenvalue weighted by atomic mass is 16.2. The molecule has 5 nitrogen and oxygen atoms in total. The van der Waals surface area contributed by atoms with Crippen LogP contribution in [0, 0.1) is 0 Å². The lowest BCUT2D eigenvalue weighted by molar-refractivity contribution is -0.116. The van der Waals surface area contributed by atoms with Crippen LogP contribution < -0.4 is 10.6 Å². The summed E-state index contributed by atoms with van der Waals surface area (Å²) in [5.41, 5.74) is 0.515. The predicted molar refractivity (Wildman–Crippen MR) is 46.6 cm³/mol. The Morgan fingerprint density at radius 2 is 2.46 bits per heavy atom. The summed E-state index contributed by atoms with van der Waals surface area (Å²) in [6.45, 7) is 2.11. The fourth-order valence-electron chi connectivity index (χ4n) is 1.49. The van der Waals surface area contributed by atoms with E-state index in [2.05, 4.69) is 9.97 Å². The molecule has 0 spiro atoms. The first-order valence-corrected chi connectivity index (χ1v) is 4.05. The Bertz CT molecular complexity index is 410. The molecular formula is C8H9N3O2. The number of carbonyl (C=O) groups excluding carboxylic acids is 1. The SMILES string of the molecule is CC(=O)N1CCc2cnc(=O)[nH]c21. The molecule has 1 aliphatic heterocycles. The molecule has 2 heterocycles. The largest absolute Gasteiger partial charge is 0.346 e. The lowest BCUT2D eigenvalue weighted by Gasteiger charge is -2.12. The Labute approximate surface area is 74.4 Å². The van der Waals surface area contributed by atoms with Crippen molar-refractivity contribution in [3.63, 3.8) is 0 Å². The zero-order chi connectivity index (χ0) is 9.42. The van der Waals surface area contributed by atoms with Crippen molar-refractivity contribution in [3.8, 4) is 0 Å². The Balaban J connectivity index is 2.52. The van der Waals surface area contributed by atoms with Crippen molar-refractivity contribution in [2.45, 2.75) is 13.3 Å². The molecule has 2 rings (SSSR count). The van der Waals surface area contributed by atoms with Gasteiger partial charge in [0.2, 0.25) is 5.91 Å². The molecule has 1 N–H and O–H groups in total. The van der Waals surface area contributed by atoms with Crippen molar-refractivity contribution in [1.82, 2.24) is 9.97 Å². The topological polar surface area (TPSA) is 66.1 Å². The second-order valence-electron chi connectivity index (χ2n) is 2.98. The van der Waals surface area contributed by atoms with Crippen molar-refractivity contribution in [2.75, 3.05) is 11.4 Å². The molecule has 0 radical (unpaired) electrons. The van der Waals surface area contributed by atoms with Gasteiger partial charge in [0.15, 0.2) is 0 Å². The monoisotopic (exact) mass is 179 g/mol. The molecule has 1 amide bonds. The lowest BCUT2D eigenvalue weighted by atomic mass is 10.3. The summed E-state index contributed by atoms with van der Waals surface area (Å²) in [6, 6.07) is 0. The van der Waals surface area contributed by atoms with Crippen molar-refractivity contribution < 1.29 is 4.79 Å². The van der Waals surface area contributed by atoms with Gasteiger partial charge in [-0.05, 0) is 6.42 Å². The number of aromatic amines is 1. The minimum absolute atomic E-state index is 0.0550. The van der Waals surface area contributed by atoms with Crippen LogP contribution in [-0.2, 0) is 11.2 Å². The van der Waals surface area contributed by atoms with Crippen LogP contribution in [0.5, 0.6) is 0 Å². The van der Waals surface area contributed by atoms with Gasteiger partial charge in [-0.3, -0.25) is 14.7 Å². The molecule has 13 heavy (non-hydrogen) atoms. The van der Waals surface area contributed by atoms with E-state index in [1.54, 1.807) is 4.90 Å². The number of hydrogen-bond donors (Lipinski definition) is 1. The van der Waals surface area contributed by atoms with Gasteiger partial charge in [-0.1, -0.05) is 0 Å². The van der Waals surface area contributed by atoms with Crippen molar-refractivity contribution in [3.05, 3.63) is 22.2 Å². The summed E-state index contributed by atoms with van der Waals surface area (Å²) in [7, 11) is 0. The molecular weight excluding hydrogens is 170 g/mol. The zero-order valence-electron chi connectivity index (χ0n) is 7.20. The number of amides is 1. The zero-order valence-corrected chi connectivity index (χ0v) is 7.20. The van der Waals surface area contributed by atoms with Crippen LogP contribution in [0.25, 0.3) is 0 Å². The van der Waals surface area contributed by atoms with E-state index in [1.165, 1.54) is 13.1 Å². The van der Waals surface area contributed by atoms with Crippen LogP contribution in [0.15, 0.2) is 11.0 Å². The minimum Gasteiger partial charge on any atom is -0.298 e. The van der Waals surface area contributed by atoms with Crippen LogP contribution in [0.3, 0.4) is 0 Å². The smallest absolute Gasteiger partial charge is 0.298 e. The molecule has 0 aromatic carbocycles.